The number of aryl methyl sites for hydroxylation is 1. The smallest absolute Gasteiger partial charge is 0.124 e. The van der Waals surface area contributed by atoms with Gasteiger partial charge in [0.2, 0.25) is 0 Å². The van der Waals surface area contributed by atoms with Crippen LogP contribution < -0.4 is 5.32 Å². The van der Waals surface area contributed by atoms with Crippen molar-refractivity contribution in [1.29, 1.82) is 10.5 Å². The fourth-order valence-corrected chi connectivity index (χ4v) is 5.27. The predicted octanol–water partition coefficient (Wildman–Crippen LogP) is 4.46. The molecule has 0 amide bonds. The van der Waals surface area contributed by atoms with Crippen molar-refractivity contribution in [2.45, 2.75) is 35.6 Å². The lowest BCUT2D eigenvalue weighted by molar-refractivity contribution is 0.346. The van der Waals surface area contributed by atoms with Gasteiger partial charge >= 0.3 is 0 Å². The number of halogens is 1. The molecule has 9 heteroatoms. The normalized spacial score (nSPS) is 15.9. The molecule has 164 valence electrons. The van der Waals surface area contributed by atoms with Gasteiger partial charge in [-0.25, -0.2) is 8.91 Å². The number of nitrogens with one attached hydrogen (secondary N) is 1. The Hall–Kier alpha value is -3.66. The molecule has 5 rings (SSSR count). The average Bonchev–Trinajstić information content (AvgIpc) is 3.44. The molecular weight excluding hydrogens is 437 g/mol. The van der Waals surface area contributed by atoms with E-state index in [9.17, 15) is 14.9 Å². The zero-order chi connectivity index (χ0) is 22.9. The van der Waals surface area contributed by atoms with Crippen LogP contribution in [0.4, 0.5) is 4.39 Å². The van der Waals surface area contributed by atoms with E-state index in [1.54, 1.807) is 10.6 Å². The molecule has 1 aliphatic rings. The molecule has 0 saturated carbocycles. The summed E-state index contributed by atoms with van der Waals surface area (Å²) >= 11 is 1.32. The summed E-state index contributed by atoms with van der Waals surface area (Å²) in [6.45, 7) is 3.92. The molecule has 1 aliphatic heterocycles. The van der Waals surface area contributed by atoms with Gasteiger partial charge in [0.05, 0.1) is 34.6 Å². The van der Waals surface area contributed by atoms with Crippen LogP contribution in [-0.4, -0.2) is 32.5 Å². The third kappa shape index (κ3) is 3.97. The van der Waals surface area contributed by atoms with Gasteiger partial charge in [0, 0.05) is 39.9 Å². The zero-order valence-electron chi connectivity index (χ0n) is 17.9. The van der Waals surface area contributed by atoms with Gasteiger partial charge in [0.1, 0.15) is 18.0 Å². The highest BCUT2D eigenvalue weighted by Gasteiger charge is 2.20. The number of fused-ring (bicyclic) bond motifs is 1. The minimum Gasteiger partial charge on any atom is -0.315 e. The summed E-state index contributed by atoms with van der Waals surface area (Å²) in [6, 6.07) is 10.7. The molecule has 4 aromatic rings. The fraction of sp³-hybridized carbons (Fsp3) is 0.250. The Kier molecular flexibility index (Phi) is 5.59. The average molecular weight is 458 g/mol. The maximum absolute atomic E-state index is 13.6. The van der Waals surface area contributed by atoms with Gasteiger partial charge < -0.3 is 5.32 Å². The van der Waals surface area contributed by atoms with Crippen molar-refractivity contribution in [2.24, 2.45) is 0 Å². The van der Waals surface area contributed by atoms with Crippen molar-refractivity contribution < 1.29 is 4.39 Å². The van der Waals surface area contributed by atoms with Crippen LogP contribution in [0.1, 0.15) is 35.7 Å². The molecule has 0 radical (unpaired) electrons. The maximum Gasteiger partial charge on any atom is 0.124 e. The van der Waals surface area contributed by atoms with Crippen LogP contribution >= 0.6 is 11.8 Å². The van der Waals surface area contributed by atoms with Gasteiger partial charge in [0.25, 0.3) is 0 Å². The highest BCUT2D eigenvalue weighted by Crippen LogP contribution is 2.38. The maximum atomic E-state index is 13.6. The Bertz CT molecular complexity index is 1430. The highest BCUT2D eigenvalue weighted by atomic mass is 32.2. The summed E-state index contributed by atoms with van der Waals surface area (Å²) in [7, 11) is 0. The van der Waals surface area contributed by atoms with E-state index in [1.807, 2.05) is 23.9 Å². The molecule has 1 fully saturated rings. The van der Waals surface area contributed by atoms with Crippen molar-refractivity contribution in [3.05, 3.63) is 65.5 Å². The third-order valence-electron chi connectivity index (χ3n) is 5.85. The number of benzene rings is 1. The summed E-state index contributed by atoms with van der Waals surface area (Å²) in [5.74, 6) is -0.461. The topological polar surface area (TPSA) is 94.7 Å². The van der Waals surface area contributed by atoms with E-state index >= 15 is 0 Å². The standard InChI is InChI=1S/C24H20FN7S/c1-15-21(14-31(30-15)20-3-2-6-28-12-20)17-8-23(24-18(10-27)11-29-32(24)13-17)33-22-5-4-19(25)7-16(22)9-26/h4-5,7-8,11,13-14,20,28H,2-3,6,12H2,1H3/t20-/m0/s1. The Morgan fingerprint density at radius 3 is 2.76 bits per heavy atom. The minimum atomic E-state index is -0.461. The van der Waals surface area contributed by atoms with Crippen molar-refractivity contribution in [3.8, 4) is 23.3 Å². The lowest BCUT2D eigenvalue weighted by atomic mass is 10.1. The third-order valence-corrected chi connectivity index (χ3v) is 6.96. The first kappa shape index (κ1) is 21.2. The molecule has 0 unspecified atom stereocenters. The van der Waals surface area contributed by atoms with E-state index in [1.165, 1.54) is 30.1 Å². The number of rotatable bonds is 4. The van der Waals surface area contributed by atoms with Gasteiger partial charge in [0.15, 0.2) is 0 Å². The van der Waals surface area contributed by atoms with Crippen molar-refractivity contribution >= 4 is 17.3 Å². The predicted molar refractivity (Wildman–Crippen MR) is 122 cm³/mol. The first-order valence-electron chi connectivity index (χ1n) is 10.6. The second kappa shape index (κ2) is 8.70. The summed E-state index contributed by atoms with van der Waals surface area (Å²) in [5.41, 5.74) is 4.13. The molecule has 0 bridgehead atoms. The summed E-state index contributed by atoms with van der Waals surface area (Å²) in [6.07, 6.45) is 7.69. The summed E-state index contributed by atoms with van der Waals surface area (Å²) in [5, 5.41) is 31.6. The van der Waals surface area contributed by atoms with E-state index in [0.29, 0.717) is 22.0 Å². The van der Waals surface area contributed by atoms with Gasteiger partial charge in [-0.2, -0.15) is 20.7 Å². The quantitative estimate of drug-likeness (QED) is 0.486. The van der Waals surface area contributed by atoms with Crippen LogP contribution in [0.15, 0.2) is 52.6 Å². The molecule has 7 nitrogen and oxygen atoms in total. The van der Waals surface area contributed by atoms with Crippen LogP contribution in [0.5, 0.6) is 0 Å². The van der Waals surface area contributed by atoms with Crippen molar-refractivity contribution in [3.63, 3.8) is 0 Å². The number of pyridine rings is 1. The van der Waals surface area contributed by atoms with Crippen LogP contribution in [0, 0.1) is 35.4 Å². The van der Waals surface area contributed by atoms with Crippen LogP contribution in [0.3, 0.4) is 0 Å². The Balaban J connectivity index is 1.62. The number of hydrogen-bond donors (Lipinski definition) is 1. The van der Waals surface area contributed by atoms with Gasteiger partial charge in [-0.15, -0.1) is 0 Å². The van der Waals surface area contributed by atoms with E-state index in [-0.39, 0.29) is 5.56 Å². The number of hydrogen-bond acceptors (Lipinski definition) is 6. The van der Waals surface area contributed by atoms with Gasteiger partial charge in [-0.3, -0.25) is 4.68 Å². The molecule has 1 atom stereocenters. The van der Waals surface area contributed by atoms with Gasteiger partial charge in [-0.05, 0) is 50.6 Å². The number of aromatic nitrogens is 4. The summed E-state index contributed by atoms with van der Waals surface area (Å²) < 4.78 is 17.4. The molecule has 1 N–H and O–H groups in total. The Morgan fingerprint density at radius 2 is 2.00 bits per heavy atom. The monoisotopic (exact) mass is 457 g/mol. The molecule has 0 aliphatic carbocycles. The minimum absolute atomic E-state index is 0.246. The zero-order valence-corrected chi connectivity index (χ0v) is 18.7. The van der Waals surface area contributed by atoms with Crippen LogP contribution in [-0.2, 0) is 0 Å². The Morgan fingerprint density at radius 1 is 1.15 bits per heavy atom. The van der Waals surface area contributed by atoms with Crippen LogP contribution in [0.25, 0.3) is 16.6 Å². The van der Waals surface area contributed by atoms with Gasteiger partial charge in [-0.1, -0.05) is 11.8 Å². The molecular formula is C24H20FN7S. The molecule has 1 saturated heterocycles. The van der Waals surface area contributed by atoms with Crippen molar-refractivity contribution in [2.75, 3.05) is 13.1 Å². The fourth-order valence-electron chi connectivity index (χ4n) is 4.20. The molecule has 0 spiro atoms. The lowest BCUT2D eigenvalue weighted by Gasteiger charge is -2.22. The second-order valence-corrected chi connectivity index (χ2v) is 9.10. The molecule has 3 aromatic heterocycles. The highest BCUT2D eigenvalue weighted by molar-refractivity contribution is 7.99. The largest absolute Gasteiger partial charge is 0.315 e. The number of nitriles is 2. The first-order valence-corrected chi connectivity index (χ1v) is 11.4. The first-order chi connectivity index (χ1) is 16.1. The van der Waals surface area contributed by atoms with E-state index in [2.05, 4.69) is 28.8 Å². The van der Waals surface area contributed by atoms with Crippen molar-refractivity contribution in [1.82, 2.24) is 24.7 Å². The molecule has 1 aromatic carbocycles. The second-order valence-electron chi connectivity index (χ2n) is 8.02. The van der Waals surface area contributed by atoms with E-state index in [0.717, 1.165) is 47.6 Å². The van der Waals surface area contributed by atoms with E-state index < -0.39 is 5.82 Å². The summed E-state index contributed by atoms with van der Waals surface area (Å²) in [4.78, 5) is 1.37. The lowest BCUT2D eigenvalue weighted by Crippen LogP contribution is -2.31. The molecule has 33 heavy (non-hydrogen) atoms. The Labute approximate surface area is 194 Å². The number of nitrogens with zero attached hydrogens (tertiary/aromatic N) is 6. The SMILES string of the molecule is Cc1nn([C@H]2CCCNC2)cc1-c1cc(Sc2ccc(F)cc2C#N)c2c(C#N)cnn2c1. The molecule has 4 heterocycles. The number of piperidine rings is 1. The van der Waals surface area contributed by atoms with Crippen LogP contribution in [0.2, 0.25) is 0 Å². The van der Waals surface area contributed by atoms with E-state index in [4.69, 9.17) is 5.10 Å².